The summed E-state index contributed by atoms with van der Waals surface area (Å²) in [5, 5.41) is 2.63. The van der Waals surface area contributed by atoms with E-state index < -0.39 is 7.60 Å². The Morgan fingerprint density at radius 3 is 2.36 bits per heavy atom. The molecule has 0 N–H and O–H groups in total. The molecule has 0 heterocycles. The van der Waals surface area contributed by atoms with Crippen LogP contribution in [0, 0.1) is 10.9 Å². The highest BCUT2D eigenvalue weighted by Gasteiger charge is 2.15. The van der Waals surface area contributed by atoms with E-state index in [-0.39, 0.29) is 0 Å². The van der Waals surface area contributed by atoms with Gasteiger partial charge >= 0.3 is 7.60 Å². The monoisotopic (exact) mass is 194 g/mol. The van der Waals surface area contributed by atoms with Crippen LogP contribution in [0.2, 0.25) is 0 Å². The molecule has 64 valence electrons. The average molecular weight is 194 g/mol. The van der Waals surface area contributed by atoms with Crippen molar-refractivity contribution in [1.82, 2.24) is 0 Å². The largest absolute Gasteiger partial charge is 0.405 e. The van der Waals surface area contributed by atoms with Crippen molar-refractivity contribution < 1.29 is 13.6 Å². The molecule has 0 aromatic carbocycles. The molecular formula is C6H11O3PS. The molecular weight excluding hydrogens is 183 g/mol. The zero-order valence-corrected chi connectivity index (χ0v) is 8.50. The summed E-state index contributed by atoms with van der Waals surface area (Å²) in [7, 11) is -0.463. The van der Waals surface area contributed by atoms with Gasteiger partial charge in [0, 0.05) is 25.6 Å². The van der Waals surface area contributed by atoms with E-state index in [1.165, 1.54) is 26.0 Å². The topological polar surface area (TPSA) is 35.5 Å². The van der Waals surface area contributed by atoms with Crippen molar-refractivity contribution in [3.63, 3.8) is 0 Å². The lowest BCUT2D eigenvalue weighted by atomic mass is 11.0. The third-order valence-corrected chi connectivity index (χ3v) is 2.91. The fourth-order valence-electron chi connectivity index (χ4n) is 0.326. The first kappa shape index (κ1) is 11.1. The van der Waals surface area contributed by atoms with Crippen LogP contribution >= 0.6 is 19.4 Å². The number of hydrogen-bond donors (Lipinski definition) is 0. The lowest BCUT2D eigenvalue weighted by Gasteiger charge is -2.03. The molecule has 11 heavy (non-hydrogen) atoms. The Kier molecular flexibility index (Phi) is 5.71. The van der Waals surface area contributed by atoms with Gasteiger partial charge in [0.15, 0.2) is 0 Å². The first-order valence-electron chi connectivity index (χ1n) is 3.04. The zero-order valence-electron chi connectivity index (χ0n) is 6.79. The van der Waals surface area contributed by atoms with Crippen LogP contribution in [-0.2, 0) is 13.6 Å². The van der Waals surface area contributed by atoms with Gasteiger partial charge in [0.05, 0.1) is 0 Å². The Hall–Kier alpha value is 0.0600. The van der Waals surface area contributed by atoms with Gasteiger partial charge in [-0.3, -0.25) is 0 Å². The summed E-state index contributed by atoms with van der Waals surface area (Å²) in [5.41, 5.74) is 2.42. The second-order valence-corrected chi connectivity index (χ2v) is 4.53. The predicted molar refractivity (Wildman–Crippen MR) is 47.5 cm³/mol. The van der Waals surface area contributed by atoms with Gasteiger partial charge in [-0.15, -0.1) is 0 Å². The van der Waals surface area contributed by atoms with Crippen LogP contribution in [0.1, 0.15) is 6.92 Å². The Balaban J connectivity index is 4.10. The Morgan fingerprint density at radius 2 is 2.00 bits per heavy atom. The SMILES string of the molecule is CCSC#CP(=O)(OC)OC. The van der Waals surface area contributed by atoms with Crippen molar-refractivity contribution in [2.75, 3.05) is 20.0 Å². The second-order valence-electron chi connectivity index (χ2n) is 1.51. The lowest BCUT2D eigenvalue weighted by molar-refractivity contribution is 0.288. The third-order valence-electron chi connectivity index (χ3n) is 0.880. The minimum absolute atomic E-state index is 0.862. The number of hydrogen-bond acceptors (Lipinski definition) is 4. The predicted octanol–water partition coefficient (Wildman–Crippen LogP) is 2.14. The normalized spacial score (nSPS) is 10.5. The van der Waals surface area contributed by atoms with Gasteiger partial charge in [-0.2, -0.15) is 0 Å². The summed E-state index contributed by atoms with van der Waals surface area (Å²) in [6, 6.07) is 0. The summed E-state index contributed by atoms with van der Waals surface area (Å²) >= 11 is 1.37. The minimum atomic E-state index is -3.09. The highest BCUT2D eigenvalue weighted by Crippen LogP contribution is 2.44. The summed E-state index contributed by atoms with van der Waals surface area (Å²) in [6.45, 7) is 1.96. The molecule has 0 radical (unpaired) electrons. The molecule has 0 amide bonds. The number of thioether (sulfide) groups is 1. The fraction of sp³-hybridized carbons (Fsp3) is 0.667. The molecule has 0 rings (SSSR count). The van der Waals surface area contributed by atoms with Crippen molar-refractivity contribution in [2.45, 2.75) is 6.92 Å². The van der Waals surface area contributed by atoms with Crippen molar-refractivity contribution in [3.8, 4) is 10.9 Å². The molecule has 0 fully saturated rings. The highest BCUT2D eigenvalue weighted by molar-refractivity contribution is 8.04. The fourth-order valence-corrected chi connectivity index (χ4v) is 1.51. The molecule has 5 heteroatoms. The molecule has 3 nitrogen and oxygen atoms in total. The van der Waals surface area contributed by atoms with Crippen LogP contribution in [0.3, 0.4) is 0 Å². The Morgan fingerprint density at radius 1 is 1.45 bits per heavy atom. The highest BCUT2D eigenvalue weighted by atomic mass is 32.2. The van der Waals surface area contributed by atoms with Gasteiger partial charge in [-0.1, -0.05) is 18.7 Å². The Labute approximate surface area is 71.4 Å². The summed E-state index contributed by atoms with van der Waals surface area (Å²) in [5.74, 6) is 0.862. The molecule has 0 saturated heterocycles. The maximum Gasteiger partial charge on any atom is 0.405 e. The van der Waals surface area contributed by atoms with Gasteiger partial charge in [0.1, 0.15) is 0 Å². The van der Waals surface area contributed by atoms with E-state index in [9.17, 15) is 4.57 Å². The van der Waals surface area contributed by atoms with Gasteiger partial charge in [-0.05, 0) is 5.25 Å². The zero-order chi connectivity index (χ0) is 8.74. The second kappa shape index (κ2) is 5.68. The van der Waals surface area contributed by atoms with Gasteiger partial charge in [0.25, 0.3) is 0 Å². The first-order chi connectivity index (χ1) is 5.18. The van der Waals surface area contributed by atoms with Crippen LogP contribution < -0.4 is 0 Å². The molecule has 0 aliphatic heterocycles. The van der Waals surface area contributed by atoms with Gasteiger partial charge in [-0.25, -0.2) is 4.57 Å². The molecule has 0 aliphatic carbocycles. The maximum absolute atomic E-state index is 11.2. The summed E-state index contributed by atoms with van der Waals surface area (Å²) < 4.78 is 20.4. The van der Waals surface area contributed by atoms with E-state index in [4.69, 9.17) is 0 Å². The van der Waals surface area contributed by atoms with Crippen molar-refractivity contribution >= 4 is 19.4 Å². The summed E-state index contributed by atoms with van der Waals surface area (Å²) in [6.07, 6.45) is 0. The first-order valence-corrected chi connectivity index (χ1v) is 5.57. The molecule has 0 aromatic rings. The van der Waals surface area contributed by atoms with Gasteiger partial charge in [0.2, 0.25) is 0 Å². The maximum atomic E-state index is 11.2. The van der Waals surface area contributed by atoms with Crippen LogP contribution in [-0.4, -0.2) is 20.0 Å². The smallest absolute Gasteiger partial charge is 0.303 e. The van der Waals surface area contributed by atoms with E-state index in [2.05, 4.69) is 20.0 Å². The molecule has 0 atom stereocenters. The van der Waals surface area contributed by atoms with Gasteiger partial charge < -0.3 is 9.05 Å². The van der Waals surface area contributed by atoms with Crippen LogP contribution in [0.5, 0.6) is 0 Å². The average Bonchev–Trinajstić information content (AvgIpc) is 2.05. The Bertz CT molecular complexity index is 198. The molecule has 0 spiro atoms. The quantitative estimate of drug-likeness (QED) is 0.509. The lowest BCUT2D eigenvalue weighted by Crippen LogP contribution is -1.83. The number of rotatable bonds is 3. The minimum Gasteiger partial charge on any atom is -0.303 e. The molecule has 0 unspecified atom stereocenters. The van der Waals surface area contributed by atoms with Crippen LogP contribution in [0.25, 0.3) is 0 Å². The van der Waals surface area contributed by atoms with Crippen molar-refractivity contribution in [2.24, 2.45) is 0 Å². The van der Waals surface area contributed by atoms with E-state index >= 15 is 0 Å². The van der Waals surface area contributed by atoms with E-state index in [1.807, 2.05) is 6.92 Å². The van der Waals surface area contributed by atoms with E-state index in [0.717, 1.165) is 5.75 Å². The van der Waals surface area contributed by atoms with Crippen molar-refractivity contribution in [1.29, 1.82) is 0 Å². The van der Waals surface area contributed by atoms with Crippen LogP contribution in [0.15, 0.2) is 0 Å². The van der Waals surface area contributed by atoms with E-state index in [1.54, 1.807) is 0 Å². The summed E-state index contributed by atoms with van der Waals surface area (Å²) in [4.78, 5) is 0. The standard InChI is InChI=1S/C6H11O3PS/c1-4-11-6-5-10(7,8-2)9-3/h4H2,1-3H3. The van der Waals surface area contributed by atoms with Crippen LogP contribution in [0.4, 0.5) is 0 Å². The van der Waals surface area contributed by atoms with Crippen molar-refractivity contribution in [3.05, 3.63) is 0 Å². The molecule has 0 saturated carbocycles. The molecule has 0 aromatic heterocycles. The van der Waals surface area contributed by atoms with E-state index in [0.29, 0.717) is 0 Å². The molecule has 0 bridgehead atoms. The molecule has 0 aliphatic rings. The third kappa shape index (κ3) is 4.49.